The zero-order valence-corrected chi connectivity index (χ0v) is 21.1. The Labute approximate surface area is 210 Å². The number of hydrogen-bond acceptors (Lipinski definition) is 6. The van der Waals surface area contributed by atoms with Crippen LogP contribution < -0.4 is 11.5 Å². The lowest BCUT2D eigenvalue weighted by molar-refractivity contribution is -0.137. The summed E-state index contributed by atoms with van der Waals surface area (Å²) in [4.78, 5) is 39.7. The number of H-pyrrole nitrogens is 1. The predicted molar refractivity (Wildman–Crippen MR) is 139 cm³/mol. The number of likely N-dealkylation sites (N-methyl/N-ethyl adjacent to an activating group) is 1. The van der Waals surface area contributed by atoms with Crippen molar-refractivity contribution in [3.63, 3.8) is 0 Å². The molecule has 36 heavy (non-hydrogen) atoms. The highest BCUT2D eigenvalue weighted by atomic mass is 19.1. The number of aromatic amines is 1. The summed E-state index contributed by atoms with van der Waals surface area (Å²) in [5, 5.41) is 7.89. The first-order chi connectivity index (χ1) is 17.1. The number of nitrogen functional groups attached to an aromatic ring is 1. The van der Waals surface area contributed by atoms with Crippen molar-refractivity contribution in [2.24, 2.45) is 5.73 Å². The molecule has 9 nitrogen and oxygen atoms in total. The van der Waals surface area contributed by atoms with Crippen LogP contribution in [0.2, 0.25) is 0 Å². The summed E-state index contributed by atoms with van der Waals surface area (Å²) in [7, 11) is 0. The van der Waals surface area contributed by atoms with Crippen LogP contribution in [-0.4, -0.2) is 70.8 Å². The van der Waals surface area contributed by atoms with E-state index >= 15 is 0 Å². The first-order valence-corrected chi connectivity index (χ1v) is 12.0. The third-order valence-electron chi connectivity index (χ3n) is 6.18. The fourth-order valence-corrected chi connectivity index (χ4v) is 4.02. The van der Waals surface area contributed by atoms with Gasteiger partial charge >= 0.3 is 5.97 Å². The summed E-state index contributed by atoms with van der Waals surface area (Å²) in [6, 6.07) is 4.12. The minimum absolute atomic E-state index is 0.0515. The monoisotopic (exact) mass is 501 g/mol. The molecule has 6 N–H and O–H groups in total. The van der Waals surface area contributed by atoms with Crippen molar-refractivity contribution in [2.45, 2.75) is 40.0 Å². The molecule has 0 saturated carbocycles. The zero-order valence-electron chi connectivity index (χ0n) is 21.1. The predicted octanol–water partition coefficient (Wildman–Crippen LogP) is 2.89. The SMILES string of the molecule is CCN(CC)CCN1CCc2[nH]c(/C=C(\N)c3cc(F)ccc3N)c(C)c2C1=O.O=CCCC(=O)O. The molecule has 2 heterocycles. The molecule has 1 aromatic heterocycles. The minimum Gasteiger partial charge on any atom is -0.481 e. The molecule has 1 amide bonds. The number of halogens is 1. The summed E-state index contributed by atoms with van der Waals surface area (Å²) < 4.78 is 13.6. The van der Waals surface area contributed by atoms with Crippen LogP contribution in [0, 0.1) is 12.7 Å². The van der Waals surface area contributed by atoms with Crippen LogP contribution in [0.5, 0.6) is 0 Å². The number of aromatic nitrogens is 1. The number of benzene rings is 1. The van der Waals surface area contributed by atoms with E-state index in [1.165, 1.54) is 18.2 Å². The molecular weight excluding hydrogens is 465 g/mol. The number of aliphatic carboxylic acids is 1. The molecule has 196 valence electrons. The number of nitrogens with zero attached hydrogens (tertiary/aromatic N) is 2. The maximum Gasteiger partial charge on any atom is 0.303 e. The molecule has 1 aromatic carbocycles. The van der Waals surface area contributed by atoms with Gasteiger partial charge in [-0.1, -0.05) is 13.8 Å². The van der Waals surface area contributed by atoms with E-state index in [0.717, 1.165) is 55.1 Å². The van der Waals surface area contributed by atoms with Gasteiger partial charge in [0.1, 0.15) is 12.1 Å². The molecule has 3 rings (SSSR count). The number of carboxylic acid groups (broad SMARTS) is 1. The molecule has 1 aliphatic rings. The van der Waals surface area contributed by atoms with Gasteiger partial charge in [-0.15, -0.1) is 0 Å². The summed E-state index contributed by atoms with van der Waals surface area (Å²) in [6.07, 6.45) is 3.16. The van der Waals surface area contributed by atoms with Crippen molar-refractivity contribution in [1.82, 2.24) is 14.8 Å². The minimum atomic E-state index is -0.924. The molecular formula is C26H36FN5O4. The van der Waals surface area contributed by atoms with Crippen LogP contribution in [0.4, 0.5) is 10.1 Å². The normalized spacial score (nSPS) is 13.3. The lowest BCUT2D eigenvalue weighted by Gasteiger charge is -2.29. The Kier molecular flexibility index (Phi) is 10.7. The quantitative estimate of drug-likeness (QED) is 0.289. The van der Waals surface area contributed by atoms with Gasteiger partial charge < -0.3 is 36.2 Å². The number of nitrogens with one attached hydrogen (secondary N) is 1. The van der Waals surface area contributed by atoms with Gasteiger partial charge in [-0.25, -0.2) is 4.39 Å². The summed E-state index contributed by atoms with van der Waals surface area (Å²) in [6.45, 7) is 10.4. The Hall–Kier alpha value is -3.66. The standard InChI is InChI=1S/C22H30FN5O.C4H6O3/c1-4-27(5-2)10-11-28-9-8-19-21(22(28)29)14(3)20(26-19)13-18(25)16-12-15(23)6-7-17(16)24;5-3-1-2-4(6)7/h6-7,12-13,26H,4-5,8-11,24-25H2,1-3H3;3H,1-2H2,(H,6,7)/b18-13-;. The molecule has 0 atom stereocenters. The number of anilines is 1. The lowest BCUT2D eigenvalue weighted by Crippen LogP contribution is -2.42. The number of carbonyl (C=O) groups is 3. The van der Waals surface area contributed by atoms with Crippen molar-refractivity contribution in [3.8, 4) is 0 Å². The largest absolute Gasteiger partial charge is 0.481 e. The van der Waals surface area contributed by atoms with E-state index in [1.54, 1.807) is 6.08 Å². The average molecular weight is 502 g/mol. The Morgan fingerprint density at radius 3 is 2.58 bits per heavy atom. The second-order valence-electron chi connectivity index (χ2n) is 8.52. The first-order valence-electron chi connectivity index (χ1n) is 12.0. The third-order valence-corrected chi connectivity index (χ3v) is 6.18. The second-order valence-corrected chi connectivity index (χ2v) is 8.52. The molecule has 0 aliphatic carbocycles. The van der Waals surface area contributed by atoms with Crippen molar-refractivity contribution in [3.05, 3.63) is 52.1 Å². The molecule has 0 saturated heterocycles. The van der Waals surface area contributed by atoms with Gasteiger partial charge in [0.05, 0.1) is 12.0 Å². The molecule has 1 aliphatic heterocycles. The van der Waals surface area contributed by atoms with Crippen molar-refractivity contribution >= 4 is 35.6 Å². The van der Waals surface area contributed by atoms with Crippen molar-refractivity contribution in [2.75, 3.05) is 38.5 Å². The number of nitrogens with two attached hydrogens (primary N) is 2. The van der Waals surface area contributed by atoms with Gasteiger partial charge in [-0.3, -0.25) is 9.59 Å². The van der Waals surface area contributed by atoms with Gasteiger partial charge in [0.2, 0.25) is 0 Å². The highest BCUT2D eigenvalue weighted by molar-refractivity contribution is 5.99. The van der Waals surface area contributed by atoms with Crippen LogP contribution in [-0.2, 0) is 16.0 Å². The number of fused-ring (bicyclic) bond motifs is 1. The first kappa shape index (κ1) is 28.6. The Morgan fingerprint density at radius 2 is 2.00 bits per heavy atom. The molecule has 0 spiro atoms. The number of rotatable bonds is 10. The van der Waals surface area contributed by atoms with Crippen LogP contribution >= 0.6 is 0 Å². The number of aldehydes is 1. The molecule has 0 bridgehead atoms. The van der Waals surface area contributed by atoms with E-state index in [0.29, 0.717) is 29.8 Å². The van der Waals surface area contributed by atoms with Gasteiger partial charge in [0, 0.05) is 60.8 Å². The highest BCUT2D eigenvalue weighted by Crippen LogP contribution is 2.28. The topological polar surface area (TPSA) is 146 Å². The van der Waals surface area contributed by atoms with Crippen LogP contribution in [0.15, 0.2) is 18.2 Å². The molecule has 0 unspecified atom stereocenters. The van der Waals surface area contributed by atoms with E-state index in [9.17, 15) is 18.8 Å². The number of carbonyl (C=O) groups excluding carboxylic acids is 2. The van der Waals surface area contributed by atoms with E-state index in [-0.39, 0.29) is 18.7 Å². The number of hydrogen-bond donors (Lipinski definition) is 4. The third kappa shape index (κ3) is 7.42. The summed E-state index contributed by atoms with van der Waals surface area (Å²) in [5.41, 5.74) is 16.6. The molecule has 0 fully saturated rings. The van der Waals surface area contributed by atoms with E-state index in [2.05, 4.69) is 23.7 Å². The van der Waals surface area contributed by atoms with Gasteiger partial charge in [-0.2, -0.15) is 0 Å². The lowest BCUT2D eigenvalue weighted by atomic mass is 10.0. The van der Waals surface area contributed by atoms with E-state index in [4.69, 9.17) is 16.6 Å². The smallest absolute Gasteiger partial charge is 0.303 e. The number of carboxylic acids is 1. The second kappa shape index (κ2) is 13.4. The maximum atomic E-state index is 13.6. The van der Waals surface area contributed by atoms with Gasteiger partial charge in [0.25, 0.3) is 5.91 Å². The van der Waals surface area contributed by atoms with Crippen LogP contribution in [0.3, 0.4) is 0 Å². The van der Waals surface area contributed by atoms with Gasteiger partial charge in [-0.05, 0) is 49.9 Å². The fourth-order valence-electron chi connectivity index (χ4n) is 4.02. The van der Waals surface area contributed by atoms with E-state index in [1.807, 2.05) is 11.8 Å². The summed E-state index contributed by atoms with van der Waals surface area (Å²) in [5.74, 6) is -1.27. The highest BCUT2D eigenvalue weighted by Gasteiger charge is 2.29. The van der Waals surface area contributed by atoms with Crippen molar-refractivity contribution < 1.29 is 23.9 Å². The van der Waals surface area contributed by atoms with Crippen LogP contribution in [0.1, 0.15) is 59.6 Å². The van der Waals surface area contributed by atoms with Crippen LogP contribution in [0.25, 0.3) is 11.8 Å². The van der Waals surface area contributed by atoms with Gasteiger partial charge in [0.15, 0.2) is 0 Å². The average Bonchev–Trinajstić information content (AvgIpc) is 3.17. The van der Waals surface area contributed by atoms with E-state index < -0.39 is 11.8 Å². The maximum absolute atomic E-state index is 13.6. The Balaban J connectivity index is 0.000000572. The van der Waals surface area contributed by atoms with Crippen molar-refractivity contribution in [1.29, 1.82) is 0 Å². The fraction of sp³-hybridized carbons (Fsp3) is 0.423. The number of amides is 1. The molecule has 2 aromatic rings. The zero-order chi connectivity index (χ0) is 26.8. The Bertz CT molecular complexity index is 1110. The molecule has 0 radical (unpaired) electrons. The summed E-state index contributed by atoms with van der Waals surface area (Å²) >= 11 is 0. The Morgan fingerprint density at radius 1 is 1.31 bits per heavy atom. The molecule has 10 heteroatoms.